The Labute approximate surface area is 107 Å². The quantitative estimate of drug-likeness (QED) is 0.854. The smallest absolute Gasteiger partial charge is 0.0684 e. The molecule has 0 aliphatic rings. The summed E-state index contributed by atoms with van der Waals surface area (Å²) in [5, 5.41) is 8.87. The lowest BCUT2D eigenvalue weighted by Crippen LogP contribution is -2.13. The molecule has 0 amide bonds. The fourth-order valence-electron chi connectivity index (χ4n) is 1.14. The maximum Gasteiger partial charge on any atom is 0.0684 e. The van der Waals surface area contributed by atoms with Gasteiger partial charge >= 0.3 is 0 Å². The second-order valence-electron chi connectivity index (χ2n) is 4.23. The van der Waals surface area contributed by atoms with Crippen LogP contribution in [0.5, 0.6) is 0 Å². The summed E-state index contributed by atoms with van der Waals surface area (Å²) in [5.74, 6) is 0.517. The summed E-state index contributed by atoms with van der Waals surface area (Å²) in [7, 11) is -1.04. The standard InChI is InChI=1S/C12H14BrNOS/c1-12(2,9-14)7-8-16(15)11-6-4-3-5-10(11)13/h3-6H,7-8H2,1-2H3. The summed E-state index contributed by atoms with van der Waals surface area (Å²) in [5.41, 5.74) is -0.406. The molecule has 0 spiro atoms. The van der Waals surface area contributed by atoms with E-state index >= 15 is 0 Å². The van der Waals surface area contributed by atoms with E-state index in [1.165, 1.54) is 0 Å². The van der Waals surface area contributed by atoms with E-state index in [1.54, 1.807) is 0 Å². The van der Waals surface area contributed by atoms with Gasteiger partial charge in [-0.1, -0.05) is 12.1 Å². The molecule has 1 aromatic rings. The number of hydrogen-bond donors (Lipinski definition) is 0. The van der Waals surface area contributed by atoms with Crippen LogP contribution in [0.25, 0.3) is 0 Å². The van der Waals surface area contributed by atoms with Gasteiger partial charge < -0.3 is 0 Å². The van der Waals surface area contributed by atoms with Crippen LogP contribution in [0.2, 0.25) is 0 Å². The Morgan fingerprint density at radius 2 is 2.06 bits per heavy atom. The average Bonchev–Trinajstić information content (AvgIpc) is 2.27. The van der Waals surface area contributed by atoms with Gasteiger partial charge in [-0.2, -0.15) is 5.26 Å². The second-order valence-corrected chi connectivity index (χ2v) is 6.62. The van der Waals surface area contributed by atoms with Crippen molar-refractivity contribution in [1.29, 1.82) is 5.26 Å². The Balaban J connectivity index is 2.68. The fourth-order valence-corrected chi connectivity index (χ4v) is 3.40. The van der Waals surface area contributed by atoms with Gasteiger partial charge in [0.2, 0.25) is 0 Å². The van der Waals surface area contributed by atoms with E-state index in [4.69, 9.17) is 5.26 Å². The summed E-state index contributed by atoms with van der Waals surface area (Å²) >= 11 is 3.38. The molecule has 16 heavy (non-hydrogen) atoms. The summed E-state index contributed by atoms with van der Waals surface area (Å²) in [4.78, 5) is 0.802. The van der Waals surface area contributed by atoms with Crippen LogP contribution >= 0.6 is 15.9 Å². The third-order valence-corrected chi connectivity index (χ3v) is 4.67. The molecule has 4 heteroatoms. The first kappa shape index (κ1) is 13.4. The van der Waals surface area contributed by atoms with E-state index in [0.717, 1.165) is 9.37 Å². The van der Waals surface area contributed by atoms with Gasteiger partial charge in [-0.25, -0.2) is 0 Å². The zero-order chi connectivity index (χ0) is 12.2. The zero-order valence-electron chi connectivity index (χ0n) is 9.37. The van der Waals surface area contributed by atoms with E-state index in [2.05, 4.69) is 22.0 Å². The van der Waals surface area contributed by atoms with Crippen LogP contribution in [0.1, 0.15) is 20.3 Å². The summed E-state index contributed by atoms with van der Waals surface area (Å²) < 4.78 is 12.9. The van der Waals surface area contributed by atoms with Gasteiger partial charge in [0.1, 0.15) is 0 Å². The Bertz CT molecular complexity index is 437. The lowest BCUT2D eigenvalue weighted by molar-refractivity contribution is 0.479. The number of hydrogen-bond acceptors (Lipinski definition) is 2. The van der Waals surface area contributed by atoms with E-state index in [0.29, 0.717) is 12.2 Å². The van der Waals surface area contributed by atoms with Crippen LogP contribution in [0.15, 0.2) is 33.6 Å². The number of nitriles is 1. The SMILES string of the molecule is CC(C)(C#N)CCS(=O)c1ccccc1Br. The molecule has 0 fully saturated rings. The van der Waals surface area contributed by atoms with E-state index in [-0.39, 0.29) is 0 Å². The number of halogens is 1. The maximum atomic E-state index is 12.0. The molecule has 0 heterocycles. The van der Waals surface area contributed by atoms with Crippen molar-refractivity contribution < 1.29 is 4.21 Å². The van der Waals surface area contributed by atoms with Crippen LogP contribution in [-0.2, 0) is 10.8 Å². The molecule has 1 atom stereocenters. The van der Waals surface area contributed by atoms with Gasteiger partial charge in [-0.15, -0.1) is 0 Å². The van der Waals surface area contributed by atoms with Crippen molar-refractivity contribution in [3.05, 3.63) is 28.7 Å². The van der Waals surface area contributed by atoms with Crippen molar-refractivity contribution in [2.45, 2.75) is 25.2 Å². The molecule has 2 nitrogen and oxygen atoms in total. The normalized spacial score (nSPS) is 13.1. The molecule has 0 saturated heterocycles. The number of nitrogens with zero attached hydrogens (tertiary/aromatic N) is 1. The minimum atomic E-state index is -1.04. The highest BCUT2D eigenvalue weighted by Gasteiger charge is 2.18. The largest absolute Gasteiger partial charge is 0.254 e. The second kappa shape index (κ2) is 5.60. The van der Waals surface area contributed by atoms with Crippen molar-refractivity contribution in [1.82, 2.24) is 0 Å². The van der Waals surface area contributed by atoms with Gasteiger partial charge in [0.15, 0.2) is 0 Å². The Kier molecular flexibility index (Phi) is 4.69. The molecule has 1 aromatic carbocycles. The lowest BCUT2D eigenvalue weighted by Gasteiger charge is -2.14. The molecule has 86 valence electrons. The molecule has 0 aliphatic carbocycles. The number of benzene rings is 1. The number of rotatable bonds is 4. The lowest BCUT2D eigenvalue weighted by atomic mass is 9.93. The van der Waals surface area contributed by atoms with Crippen LogP contribution in [0, 0.1) is 16.7 Å². The van der Waals surface area contributed by atoms with Crippen molar-refractivity contribution in [2.75, 3.05) is 5.75 Å². The molecule has 0 bridgehead atoms. The molecule has 1 rings (SSSR count). The first-order chi connectivity index (χ1) is 7.46. The molecular formula is C12H14BrNOS. The highest BCUT2D eigenvalue weighted by atomic mass is 79.9. The van der Waals surface area contributed by atoms with Gasteiger partial charge in [0.25, 0.3) is 0 Å². The Morgan fingerprint density at radius 1 is 1.44 bits per heavy atom. The monoisotopic (exact) mass is 299 g/mol. The topological polar surface area (TPSA) is 40.9 Å². The zero-order valence-corrected chi connectivity index (χ0v) is 11.8. The summed E-state index contributed by atoms with van der Waals surface area (Å²) in [6.45, 7) is 3.73. The van der Waals surface area contributed by atoms with Gasteiger partial charge in [0.05, 0.1) is 27.2 Å². The van der Waals surface area contributed by atoms with Crippen LogP contribution < -0.4 is 0 Å². The van der Waals surface area contributed by atoms with Crippen LogP contribution in [0.3, 0.4) is 0 Å². The van der Waals surface area contributed by atoms with E-state index < -0.39 is 16.2 Å². The first-order valence-corrected chi connectivity index (χ1v) is 7.11. The highest BCUT2D eigenvalue weighted by molar-refractivity contribution is 9.10. The van der Waals surface area contributed by atoms with Crippen LogP contribution in [0.4, 0.5) is 0 Å². The predicted molar refractivity (Wildman–Crippen MR) is 69.4 cm³/mol. The van der Waals surface area contributed by atoms with Crippen molar-refractivity contribution >= 4 is 26.7 Å². The molecule has 0 aliphatic heterocycles. The van der Waals surface area contributed by atoms with Crippen molar-refractivity contribution in [3.63, 3.8) is 0 Å². The third-order valence-electron chi connectivity index (χ3n) is 2.30. The Hall–Kier alpha value is -0.660. The first-order valence-electron chi connectivity index (χ1n) is 5.00. The molecule has 0 radical (unpaired) electrons. The Morgan fingerprint density at radius 3 is 2.62 bits per heavy atom. The summed E-state index contributed by atoms with van der Waals surface area (Å²) in [6, 6.07) is 9.70. The van der Waals surface area contributed by atoms with Crippen molar-refractivity contribution in [2.24, 2.45) is 5.41 Å². The molecule has 0 saturated carbocycles. The third kappa shape index (κ3) is 3.73. The molecule has 0 N–H and O–H groups in total. The summed E-state index contributed by atoms with van der Waals surface area (Å²) in [6.07, 6.45) is 0.636. The molecule has 1 unspecified atom stereocenters. The fraction of sp³-hybridized carbons (Fsp3) is 0.417. The minimum absolute atomic E-state index is 0.406. The minimum Gasteiger partial charge on any atom is -0.254 e. The maximum absolute atomic E-state index is 12.0. The van der Waals surface area contributed by atoms with Gasteiger partial charge in [0, 0.05) is 10.2 Å². The highest BCUT2D eigenvalue weighted by Crippen LogP contribution is 2.24. The van der Waals surface area contributed by atoms with Gasteiger partial charge in [-0.05, 0) is 48.3 Å². The predicted octanol–water partition coefficient (Wildman–Crippen LogP) is 3.50. The van der Waals surface area contributed by atoms with Crippen LogP contribution in [-0.4, -0.2) is 9.96 Å². The van der Waals surface area contributed by atoms with Crippen molar-refractivity contribution in [3.8, 4) is 6.07 Å². The van der Waals surface area contributed by atoms with E-state index in [1.807, 2.05) is 38.1 Å². The average molecular weight is 300 g/mol. The molecular weight excluding hydrogens is 286 g/mol. The van der Waals surface area contributed by atoms with Gasteiger partial charge in [-0.3, -0.25) is 4.21 Å². The molecule has 0 aromatic heterocycles. The van der Waals surface area contributed by atoms with E-state index in [9.17, 15) is 4.21 Å².